The van der Waals surface area contributed by atoms with Crippen LogP contribution in [-0.4, -0.2) is 4.98 Å². The Balaban J connectivity index is 2.30. The van der Waals surface area contributed by atoms with Crippen molar-refractivity contribution < 1.29 is 4.39 Å². The Kier molecular flexibility index (Phi) is 2.84. The molecule has 0 aliphatic heterocycles. The van der Waals surface area contributed by atoms with E-state index in [9.17, 15) is 4.39 Å². The summed E-state index contributed by atoms with van der Waals surface area (Å²) in [6.45, 7) is 3.83. The van der Waals surface area contributed by atoms with Crippen molar-refractivity contribution in [3.8, 4) is 11.3 Å². The van der Waals surface area contributed by atoms with E-state index in [2.05, 4.69) is 11.6 Å². The van der Waals surface area contributed by atoms with Crippen molar-refractivity contribution in [1.29, 1.82) is 0 Å². The van der Waals surface area contributed by atoms with E-state index >= 15 is 0 Å². The Labute approximate surface area is 111 Å². The fourth-order valence-electron chi connectivity index (χ4n) is 2.25. The molecular formula is C17H12FN. The van der Waals surface area contributed by atoms with Gasteiger partial charge in [-0.25, -0.2) is 4.39 Å². The van der Waals surface area contributed by atoms with Crippen LogP contribution in [0.4, 0.5) is 4.39 Å². The van der Waals surface area contributed by atoms with E-state index in [4.69, 9.17) is 0 Å². The largest absolute Gasteiger partial charge is 0.256 e. The van der Waals surface area contributed by atoms with Gasteiger partial charge in [-0.1, -0.05) is 30.9 Å². The van der Waals surface area contributed by atoms with Gasteiger partial charge in [0, 0.05) is 17.1 Å². The van der Waals surface area contributed by atoms with Crippen molar-refractivity contribution in [2.24, 2.45) is 0 Å². The SMILES string of the molecule is C=Cc1cccc2c(-c3ccc(F)cc3)nccc12. The van der Waals surface area contributed by atoms with Crippen LogP contribution in [-0.2, 0) is 0 Å². The summed E-state index contributed by atoms with van der Waals surface area (Å²) in [6, 6.07) is 14.4. The number of hydrogen-bond donors (Lipinski definition) is 0. The van der Waals surface area contributed by atoms with E-state index in [1.807, 2.05) is 30.3 Å². The first kappa shape index (κ1) is 11.6. The minimum atomic E-state index is -0.240. The lowest BCUT2D eigenvalue weighted by atomic mass is 10.0. The highest BCUT2D eigenvalue weighted by Crippen LogP contribution is 2.28. The van der Waals surface area contributed by atoms with Gasteiger partial charge in [0.2, 0.25) is 0 Å². The second-order valence-electron chi connectivity index (χ2n) is 4.31. The molecule has 0 atom stereocenters. The number of rotatable bonds is 2. The van der Waals surface area contributed by atoms with Crippen LogP contribution >= 0.6 is 0 Å². The molecule has 0 aliphatic rings. The standard InChI is InChI=1S/C17H12FN/c1-2-12-4-3-5-16-15(12)10-11-19-17(16)13-6-8-14(18)9-7-13/h2-11H,1H2. The molecule has 19 heavy (non-hydrogen) atoms. The van der Waals surface area contributed by atoms with Gasteiger partial charge >= 0.3 is 0 Å². The third kappa shape index (κ3) is 2.02. The number of fused-ring (bicyclic) bond motifs is 1. The third-order valence-corrected chi connectivity index (χ3v) is 3.18. The second-order valence-corrected chi connectivity index (χ2v) is 4.31. The minimum absolute atomic E-state index is 0.240. The summed E-state index contributed by atoms with van der Waals surface area (Å²) in [5.41, 5.74) is 2.85. The number of aromatic nitrogens is 1. The van der Waals surface area contributed by atoms with Crippen LogP contribution in [0.25, 0.3) is 28.1 Å². The normalized spacial score (nSPS) is 10.6. The highest BCUT2D eigenvalue weighted by Gasteiger charge is 2.06. The van der Waals surface area contributed by atoms with Crippen molar-refractivity contribution in [2.45, 2.75) is 0 Å². The molecule has 0 fully saturated rings. The van der Waals surface area contributed by atoms with Gasteiger partial charge < -0.3 is 0 Å². The highest BCUT2D eigenvalue weighted by molar-refractivity contribution is 5.98. The van der Waals surface area contributed by atoms with Crippen molar-refractivity contribution in [1.82, 2.24) is 4.98 Å². The van der Waals surface area contributed by atoms with Gasteiger partial charge in [-0.15, -0.1) is 0 Å². The first-order valence-electron chi connectivity index (χ1n) is 6.06. The first-order valence-corrected chi connectivity index (χ1v) is 6.06. The quantitative estimate of drug-likeness (QED) is 0.642. The zero-order valence-corrected chi connectivity index (χ0v) is 10.3. The maximum atomic E-state index is 13.0. The molecule has 0 saturated carbocycles. The molecule has 0 aliphatic carbocycles. The van der Waals surface area contributed by atoms with Crippen molar-refractivity contribution in [2.75, 3.05) is 0 Å². The molecule has 3 aromatic rings. The first-order chi connectivity index (χ1) is 9.29. The molecule has 0 radical (unpaired) electrons. The van der Waals surface area contributed by atoms with E-state index in [0.717, 1.165) is 27.6 Å². The molecule has 0 bridgehead atoms. The van der Waals surface area contributed by atoms with Gasteiger partial charge in [0.15, 0.2) is 0 Å². The molecule has 2 heteroatoms. The lowest BCUT2D eigenvalue weighted by molar-refractivity contribution is 0.628. The highest BCUT2D eigenvalue weighted by atomic mass is 19.1. The molecule has 0 saturated heterocycles. The molecule has 2 aromatic carbocycles. The molecule has 3 rings (SSSR count). The lowest BCUT2D eigenvalue weighted by Gasteiger charge is -2.07. The second kappa shape index (κ2) is 4.65. The number of halogens is 1. The summed E-state index contributed by atoms with van der Waals surface area (Å²) >= 11 is 0. The Morgan fingerprint density at radius 3 is 2.47 bits per heavy atom. The van der Waals surface area contributed by atoms with E-state index in [1.165, 1.54) is 12.1 Å². The maximum Gasteiger partial charge on any atom is 0.123 e. The summed E-state index contributed by atoms with van der Waals surface area (Å²) in [5, 5.41) is 2.15. The maximum absolute atomic E-state index is 13.0. The summed E-state index contributed by atoms with van der Waals surface area (Å²) in [4.78, 5) is 4.43. The van der Waals surface area contributed by atoms with E-state index in [-0.39, 0.29) is 5.82 Å². The molecule has 0 spiro atoms. The predicted molar refractivity (Wildman–Crippen MR) is 77.2 cm³/mol. The molecule has 0 unspecified atom stereocenters. The smallest absolute Gasteiger partial charge is 0.123 e. The zero-order valence-electron chi connectivity index (χ0n) is 10.3. The van der Waals surface area contributed by atoms with Gasteiger partial charge in [0.25, 0.3) is 0 Å². The molecule has 1 aromatic heterocycles. The number of benzene rings is 2. The van der Waals surface area contributed by atoms with E-state index in [1.54, 1.807) is 18.3 Å². The lowest BCUT2D eigenvalue weighted by Crippen LogP contribution is -1.88. The Bertz CT molecular complexity index is 745. The van der Waals surface area contributed by atoms with Crippen molar-refractivity contribution in [3.05, 3.63) is 72.7 Å². The fourth-order valence-corrected chi connectivity index (χ4v) is 2.25. The van der Waals surface area contributed by atoms with Crippen LogP contribution < -0.4 is 0 Å². The van der Waals surface area contributed by atoms with Crippen LogP contribution in [0.15, 0.2) is 61.3 Å². The van der Waals surface area contributed by atoms with Crippen LogP contribution in [0, 0.1) is 5.82 Å². The van der Waals surface area contributed by atoms with Crippen LogP contribution in [0.3, 0.4) is 0 Å². The molecule has 0 amide bonds. The van der Waals surface area contributed by atoms with Gasteiger partial charge in [-0.3, -0.25) is 4.98 Å². The third-order valence-electron chi connectivity index (χ3n) is 3.18. The van der Waals surface area contributed by atoms with Crippen LogP contribution in [0.1, 0.15) is 5.56 Å². The number of nitrogens with zero attached hydrogens (tertiary/aromatic N) is 1. The predicted octanol–water partition coefficient (Wildman–Crippen LogP) is 4.68. The van der Waals surface area contributed by atoms with Crippen LogP contribution in [0.2, 0.25) is 0 Å². The van der Waals surface area contributed by atoms with E-state index in [0.29, 0.717) is 0 Å². The van der Waals surface area contributed by atoms with Gasteiger partial charge in [0.05, 0.1) is 5.69 Å². The molecule has 1 heterocycles. The molecule has 0 N–H and O–H groups in total. The Hall–Kier alpha value is -2.48. The van der Waals surface area contributed by atoms with E-state index < -0.39 is 0 Å². The number of hydrogen-bond acceptors (Lipinski definition) is 1. The number of pyridine rings is 1. The Morgan fingerprint density at radius 2 is 1.74 bits per heavy atom. The summed E-state index contributed by atoms with van der Waals surface area (Å²) in [5.74, 6) is -0.240. The van der Waals surface area contributed by atoms with Gasteiger partial charge in [-0.2, -0.15) is 0 Å². The summed E-state index contributed by atoms with van der Waals surface area (Å²) in [7, 11) is 0. The van der Waals surface area contributed by atoms with Gasteiger partial charge in [0.1, 0.15) is 5.82 Å². The van der Waals surface area contributed by atoms with Crippen molar-refractivity contribution in [3.63, 3.8) is 0 Å². The summed E-state index contributed by atoms with van der Waals surface area (Å²) in [6.07, 6.45) is 3.60. The summed E-state index contributed by atoms with van der Waals surface area (Å²) < 4.78 is 13.0. The molecule has 92 valence electrons. The average molecular weight is 249 g/mol. The zero-order chi connectivity index (χ0) is 13.2. The minimum Gasteiger partial charge on any atom is -0.256 e. The molecular weight excluding hydrogens is 237 g/mol. The van der Waals surface area contributed by atoms with Crippen LogP contribution in [0.5, 0.6) is 0 Å². The Morgan fingerprint density at radius 1 is 0.947 bits per heavy atom. The monoisotopic (exact) mass is 249 g/mol. The average Bonchev–Trinajstić information content (AvgIpc) is 2.47. The fraction of sp³-hybridized carbons (Fsp3) is 0. The molecule has 1 nitrogen and oxygen atoms in total. The van der Waals surface area contributed by atoms with Gasteiger partial charge in [-0.05, 0) is 41.3 Å². The van der Waals surface area contributed by atoms with Crippen molar-refractivity contribution >= 4 is 16.8 Å². The topological polar surface area (TPSA) is 12.9 Å².